The van der Waals surface area contributed by atoms with Crippen molar-refractivity contribution in [2.75, 3.05) is 12.8 Å². The van der Waals surface area contributed by atoms with Crippen molar-refractivity contribution in [2.45, 2.75) is 45.9 Å². The molecule has 0 spiro atoms. The van der Waals surface area contributed by atoms with E-state index in [4.69, 9.17) is 4.84 Å². The fourth-order valence-corrected chi connectivity index (χ4v) is 2.24. The molecule has 18 heavy (non-hydrogen) atoms. The number of thioether (sulfide) groups is 1. The average molecular weight is 284 g/mol. The van der Waals surface area contributed by atoms with Gasteiger partial charge in [-0.25, -0.2) is 0 Å². The minimum absolute atomic E-state index is 0.224. The molecule has 0 N–H and O–H groups in total. The fourth-order valence-electron chi connectivity index (χ4n) is 1.11. The number of alkyl halides is 3. The van der Waals surface area contributed by atoms with Crippen molar-refractivity contribution in [3.63, 3.8) is 0 Å². The van der Waals surface area contributed by atoms with Crippen LogP contribution in [0.3, 0.4) is 0 Å². The van der Waals surface area contributed by atoms with Crippen LogP contribution in [0.4, 0.5) is 13.2 Å². The van der Waals surface area contributed by atoms with E-state index >= 15 is 0 Å². The summed E-state index contributed by atoms with van der Waals surface area (Å²) in [6, 6.07) is 0. The van der Waals surface area contributed by atoms with Gasteiger partial charge in [-0.3, -0.25) is 4.99 Å². The Morgan fingerprint density at radius 1 is 1.44 bits per heavy atom. The lowest BCUT2D eigenvalue weighted by Gasteiger charge is -2.13. The van der Waals surface area contributed by atoms with Crippen LogP contribution in [0.2, 0.25) is 0 Å². The standard InChI is InChI=1S/C9H13F3N2OS.C2H6/c1-8(2)4-7(14-15-8)16-5-6(13-3)9(10,11)12;1-2/h4-5H2,1-3H3;1-2H3. The van der Waals surface area contributed by atoms with Crippen LogP contribution < -0.4 is 0 Å². The number of oxime groups is 1. The van der Waals surface area contributed by atoms with Gasteiger partial charge in [-0.05, 0) is 13.8 Å². The Bertz CT molecular complexity index is 325. The predicted molar refractivity (Wildman–Crippen MR) is 70.4 cm³/mol. The molecule has 0 aliphatic carbocycles. The molecule has 0 radical (unpaired) electrons. The van der Waals surface area contributed by atoms with Crippen LogP contribution in [0.1, 0.15) is 34.1 Å². The van der Waals surface area contributed by atoms with Crippen LogP contribution in [0, 0.1) is 0 Å². The molecule has 7 heteroatoms. The number of nitrogens with zero attached hydrogens (tertiary/aromatic N) is 2. The second-order valence-electron chi connectivity index (χ2n) is 3.97. The van der Waals surface area contributed by atoms with Gasteiger partial charge < -0.3 is 4.84 Å². The molecule has 0 saturated carbocycles. The summed E-state index contributed by atoms with van der Waals surface area (Å²) in [5.41, 5.74) is -1.20. The molecule has 0 bridgehead atoms. The zero-order valence-electron chi connectivity index (χ0n) is 11.3. The van der Waals surface area contributed by atoms with Crippen LogP contribution >= 0.6 is 11.8 Å². The number of aliphatic imine (C=N–C) groups is 1. The van der Waals surface area contributed by atoms with Gasteiger partial charge in [0.1, 0.15) is 16.4 Å². The largest absolute Gasteiger partial charge is 0.429 e. The molecule has 1 heterocycles. The zero-order chi connectivity index (χ0) is 14.4. The SMILES string of the molecule is CC.CN=C(CSC1=NOC(C)(C)C1)C(F)(F)F. The summed E-state index contributed by atoms with van der Waals surface area (Å²) in [6.45, 7) is 7.67. The molecule has 0 aromatic rings. The molecule has 0 aromatic carbocycles. The normalized spacial score (nSPS) is 18.7. The highest BCUT2D eigenvalue weighted by molar-refractivity contribution is 8.14. The highest BCUT2D eigenvalue weighted by Crippen LogP contribution is 2.29. The van der Waals surface area contributed by atoms with Gasteiger partial charge in [0, 0.05) is 19.2 Å². The van der Waals surface area contributed by atoms with Gasteiger partial charge in [-0.1, -0.05) is 19.0 Å². The summed E-state index contributed by atoms with van der Waals surface area (Å²) in [4.78, 5) is 8.28. The Labute approximate surface area is 110 Å². The molecule has 1 rings (SSSR count). The smallest absolute Gasteiger partial charge is 0.389 e. The molecule has 1 aliphatic heterocycles. The van der Waals surface area contributed by atoms with Crippen molar-refractivity contribution in [1.29, 1.82) is 0 Å². The number of halogens is 3. The van der Waals surface area contributed by atoms with Crippen molar-refractivity contribution < 1.29 is 18.0 Å². The van der Waals surface area contributed by atoms with Crippen molar-refractivity contribution in [3.05, 3.63) is 0 Å². The lowest BCUT2D eigenvalue weighted by Crippen LogP contribution is -2.26. The highest BCUT2D eigenvalue weighted by atomic mass is 32.2. The summed E-state index contributed by atoms with van der Waals surface area (Å²) >= 11 is 1.02. The molecule has 1 aliphatic rings. The summed E-state index contributed by atoms with van der Waals surface area (Å²) in [6.07, 6.45) is -3.83. The maximum absolute atomic E-state index is 12.3. The Hall–Kier alpha value is -0.720. The van der Waals surface area contributed by atoms with E-state index in [2.05, 4.69) is 10.1 Å². The number of hydrogen-bond acceptors (Lipinski definition) is 4. The van der Waals surface area contributed by atoms with Gasteiger partial charge in [0.2, 0.25) is 0 Å². The van der Waals surface area contributed by atoms with Crippen molar-refractivity contribution in [3.8, 4) is 0 Å². The van der Waals surface area contributed by atoms with E-state index in [1.807, 2.05) is 27.7 Å². The van der Waals surface area contributed by atoms with Gasteiger partial charge in [-0.2, -0.15) is 13.2 Å². The van der Waals surface area contributed by atoms with Crippen molar-refractivity contribution >= 4 is 22.5 Å². The van der Waals surface area contributed by atoms with E-state index in [9.17, 15) is 13.2 Å². The van der Waals surface area contributed by atoms with Gasteiger partial charge in [0.05, 0.1) is 0 Å². The number of rotatable bonds is 2. The Kier molecular flexibility index (Phi) is 6.73. The van der Waals surface area contributed by atoms with Gasteiger partial charge >= 0.3 is 6.18 Å². The third kappa shape index (κ3) is 5.75. The molecule has 0 amide bonds. The second-order valence-corrected chi connectivity index (χ2v) is 5.02. The van der Waals surface area contributed by atoms with E-state index in [1.54, 1.807) is 0 Å². The summed E-state index contributed by atoms with van der Waals surface area (Å²) in [5, 5.41) is 4.31. The maximum Gasteiger partial charge on any atom is 0.429 e. The lowest BCUT2D eigenvalue weighted by molar-refractivity contribution is -0.0590. The van der Waals surface area contributed by atoms with Crippen LogP contribution in [-0.4, -0.2) is 35.3 Å². The van der Waals surface area contributed by atoms with Crippen LogP contribution in [0.25, 0.3) is 0 Å². The molecular weight excluding hydrogens is 265 g/mol. The zero-order valence-corrected chi connectivity index (χ0v) is 12.1. The topological polar surface area (TPSA) is 34.0 Å². The van der Waals surface area contributed by atoms with Gasteiger partial charge in [-0.15, -0.1) is 11.8 Å². The van der Waals surface area contributed by atoms with Crippen molar-refractivity contribution in [2.24, 2.45) is 10.1 Å². The fraction of sp³-hybridized carbons (Fsp3) is 0.818. The Morgan fingerprint density at radius 2 is 2.00 bits per heavy atom. The number of hydrogen-bond donors (Lipinski definition) is 0. The van der Waals surface area contributed by atoms with Crippen LogP contribution in [-0.2, 0) is 4.84 Å². The monoisotopic (exact) mass is 284 g/mol. The highest BCUT2D eigenvalue weighted by Gasteiger charge is 2.36. The van der Waals surface area contributed by atoms with Crippen molar-refractivity contribution in [1.82, 2.24) is 0 Å². The molecular formula is C11H19F3N2OS. The first-order chi connectivity index (χ1) is 8.24. The predicted octanol–water partition coefficient (Wildman–Crippen LogP) is 3.89. The minimum Gasteiger partial charge on any atom is -0.389 e. The lowest BCUT2D eigenvalue weighted by atomic mass is 10.1. The van der Waals surface area contributed by atoms with E-state index in [-0.39, 0.29) is 5.75 Å². The third-order valence-electron chi connectivity index (χ3n) is 1.94. The second kappa shape index (κ2) is 7.01. The molecule has 0 saturated heterocycles. The van der Waals surface area contributed by atoms with Gasteiger partial charge in [0.25, 0.3) is 0 Å². The molecule has 0 aromatic heterocycles. The quantitative estimate of drug-likeness (QED) is 0.721. The molecule has 0 unspecified atom stereocenters. The van der Waals surface area contributed by atoms with E-state index in [0.29, 0.717) is 11.5 Å². The maximum atomic E-state index is 12.3. The first kappa shape index (κ1) is 17.3. The van der Waals surface area contributed by atoms with Gasteiger partial charge in [0.15, 0.2) is 0 Å². The van der Waals surface area contributed by atoms with Crippen LogP contribution in [0.15, 0.2) is 10.1 Å². The molecule has 3 nitrogen and oxygen atoms in total. The summed E-state index contributed by atoms with van der Waals surface area (Å²) in [7, 11) is 1.14. The first-order valence-electron chi connectivity index (χ1n) is 5.65. The third-order valence-corrected chi connectivity index (χ3v) is 2.91. The summed E-state index contributed by atoms with van der Waals surface area (Å²) < 4.78 is 37.0. The average Bonchev–Trinajstić information content (AvgIpc) is 2.60. The molecule has 0 fully saturated rings. The van der Waals surface area contributed by atoms with E-state index in [0.717, 1.165) is 18.8 Å². The Balaban J connectivity index is 0.00000137. The first-order valence-corrected chi connectivity index (χ1v) is 6.64. The van der Waals surface area contributed by atoms with Crippen LogP contribution in [0.5, 0.6) is 0 Å². The summed E-state index contributed by atoms with van der Waals surface area (Å²) in [5.74, 6) is -0.224. The molecule has 106 valence electrons. The Morgan fingerprint density at radius 3 is 2.33 bits per heavy atom. The van der Waals surface area contributed by atoms with E-state index in [1.165, 1.54) is 0 Å². The minimum atomic E-state index is -4.36. The molecule has 0 atom stereocenters. The van der Waals surface area contributed by atoms with E-state index < -0.39 is 17.5 Å².